The van der Waals surface area contributed by atoms with Crippen LogP contribution in [0.25, 0.3) is 0 Å². The van der Waals surface area contributed by atoms with Crippen LogP contribution in [0, 0.1) is 0 Å². The van der Waals surface area contributed by atoms with Gasteiger partial charge in [0.1, 0.15) is 0 Å². The Morgan fingerprint density at radius 2 is 2.14 bits per heavy atom. The third kappa shape index (κ3) is 4.32. The van der Waals surface area contributed by atoms with E-state index >= 15 is 0 Å². The lowest BCUT2D eigenvalue weighted by Gasteiger charge is -2.22. The number of hydrogen-bond acceptors (Lipinski definition) is 3. The molecule has 6 heteroatoms. The zero-order valence-corrected chi connectivity index (χ0v) is 13.2. The van der Waals surface area contributed by atoms with Crippen molar-refractivity contribution < 1.29 is 4.79 Å². The summed E-state index contributed by atoms with van der Waals surface area (Å²) in [6, 6.07) is 10.1. The van der Waals surface area contributed by atoms with Gasteiger partial charge in [0.15, 0.2) is 0 Å². The van der Waals surface area contributed by atoms with Crippen LogP contribution >= 0.6 is 12.4 Å². The molecule has 1 unspecified atom stereocenters. The summed E-state index contributed by atoms with van der Waals surface area (Å²) < 4.78 is 1.83. The van der Waals surface area contributed by atoms with Crippen LogP contribution in [0.5, 0.6) is 0 Å². The Labute approximate surface area is 136 Å². The fraction of sp³-hybridized carbons (Fsp3) is 0.375. The Balaban J connectivity index is 0.00000176. The highest BCUT2D eigenvalue weighted by Crippen LogP contribution is 2.12. The van der Waals surface area contributed by atoms with E-state index in [1.54, 1.807) is 6.20 Å². The minimum absolute atomic E-state index is 0. The molecule has 0 saturated carbocycles. The number of hydrogen-bond donors (Lipinski definition) is 2. The highest BCUT2D eigenvalue weighted by molar-refractivity contribution is 5.94. The molecule has 5 nitrogen and oxygen atoms in total. The summed E-state index contributed by atoms with van der Waals surface area (Å²) in [5.41, 5.74) is 1.94. The van der Waals surface area contributed by atoms with Gasteiger partial charge in [-0.05, 0) is 24.9 Å². The minimum atomic E-state index is -0.0729. The van der Waals surface area contributed by atoms with E-state index in [4.69, 9.17) is 0 Å². The maximum atomic E-state index is 12.1. The molecule has 3 rings (SSSR count). The standard InChI is InChI=1S/C16H20N4O.ClH/c21-16(15-8-4-5-9-17-15)19-14-10-18-20(12-14)11-13-6-2-1-3-7-13;/h1-3,6-7,10,12,15,17H,4-5,8-9,11H2,(H,19,21);1H. The molecule has 118 valence electrons. The van der Waals surface area contributed by atoms with E-state index in [-0.39, 0.29) is 24.4 Å². The van der Waals surface area contributed by atoms with E-state index in [0.29, 0.717) is 6.54 Å². The Kier molecular flexibility index (Phi) is 5.98. The molecular weight excluding hydrogens is 300 g/mol. The van der Waals surface area contributed by atoms with Crippen LogP contribution in [0.4, 0.5) is 5.69 Å². The van der Waals surface area contributed by atoms with Crippen LogP contribution in [-0.2, 0) is 11.3 Å². The van der Waals surface area contributed by atoms with Crippen LogP contribution in [0.3, 0.4) is 0 Å². The Morgan fingerprint density at radius 3 is 2.86 bits per heavy atom. The zero-order valence-electron chi connectivity index (χ0n) is 12.4. The highest BCUT2D eigenvalue weighted by Gasteiger charge is 2.20. The van der Waals surface area contributed by atoms with Crippen LogP contribution in [0.2, 0.25) is 0 Å². The number of carbonyl (C=O) groups is 1. The molecule has 0 bridgehead atoms. The van der Waals surface area contributed by atoms with Crippen LogP contribution in [0.1, 0.15) is 24.8 Å². The van der Waals surface area contributed by atoms with Gasteiger partial charge < -0.3 is 10.6 Å². The molecule has 2 aromatic rings. The second kappa shape index (κ2) is 7.96. The summed E-state index contributed by atoms with van der Waals surface area (Å²) in [7, 11) is 0. The summed E-state index contributed by atoms with van der Waals surface area (Å²) in [6.45, 7) is 1.63. The van der Waals surface area contributed by atoms with Gasteiger partial charge in [0, 0.05) is 6.20 Å². The molecule has 1 saturated heterocycles. The molecule has 0 aliphatic carbocycles. The molecule has 0 spiro atoms. The van der Waals surface area contributed by atoms with Crippen molar-refractivity contribution >= 4 is 24.0 Å². The second-order valence-electron chi connectivity index (χ2n) is 5.40. The fourth-order valence-electron chi connectivity index (χ4n) is 2.59. The van der Waals surface area contributed by atoms with E-state index < -0.39 is 0 Å². The van der Waals surface area contributed by atoms with E-state index in [0.717, 1.165) is 31.5 Å². The molecular formula is C16H21ClN4O. The first kappa shape index (κ1) is 16.5. The molecule has 1 aliphatic rings. The van der Waals surface area contributed by atoms with Crippen molar-refractivity contribution in [3.05, 3.63) is 48.3 Å². The number of carbonyl (C=O) groups excluding carboxylic acids is 1. The third-order valence-electron chi connectivity index (χ3n) is 3.71. The smallest absolute Gasteiger partial charge is 0.241 e. The summed E-state index contributed by atoms with van der Waals surface area (Å²) in [5, 5.41) is 10.5. The molecule has 2 N–H and O–H groups in total. The maximum absolute atomic E-state index is 12.1. The molecule has 1 aliphatic heterocycles. The first-order valence-electron chi connectivity index (χ1n) is 7.42. The molecule has 1 aromatic carbocycles. The Morgan fingerprint density at radius 1 is 1.32 bits per heavy atom. The van der Waals surface area contributed by atoms with Crippen molar-refractivity contribution in [3.8, 4) is 0 Å². The fourth-order valence-corrected chi connectivity index (χ4v) is 2.59. The lowest BCUT2D eigenvalue weighted by molar-refractivity contribution is -0.118. The van der Waals surface area contributed by atoms with Crippen molar-refractivity contribution in [2.45, 2.75) is 31.8 Å². The zero-order chi connectivity index (χ0) is 14.5. The average Bonchev–Trinajstić information content (AvgIpc) is 2.96. The van der Waals surface area contributed by atoms with Gasteiger partial charge in [0.2, 0.25) is 5.91 Å². The van der Waals surface area contributed by atoms with Crippen molar-refractivity contribution in [3.63, 3.8) is 0 Å². The van der Waals surface area contributed by atoms with Crippen molar-refractivity contribution in [1.82, 2.24) is 15.1 Å². The average molecular weight is 321 g/mol. The monoisotopic (exact) mass is 320 g/mol. The molecule has 1 aromatic heterocycles. The molecule has 1 fully saturated rings. The van der Waals surface area contributed by atoms with Gasteiger partial charge >= 0.3 is 0 Å². The molecule has 0 radical (unpaired) electrons. The van der Waals surface area contributed by atoms with E-state index in [2.05, 4.69) is 27.9 Å². The quantitative estimate of drug-likeness (QED) is 0.909. The van der Waals surface area contributed by atoms with Gasteiger partial charge in [-0.15, -0.1) is 12.4 Å². The van der Waals surface area contributed by atoms with Gasteiger partial charge in [-0.25, -0.2) is 0 Å². The molecule has 1 atom stereocenters. The van der Waals surface area contributed by atoms with E-state index in [1.807, 2.05) is 29.1 Å². The number of benzene rings is 1. The summed E-state index contributed by atoms with van der Waals surface area (Å²) in [5.74, 6) is 0.0361. The number of rotatable bonds is 4. The largest absolute Gasteiger partial charge is 0.322 e. The highest BCUT2D eigenvalue weighted by atomic mass is 35.5. The summed E-state index contributed by atoms with van der Waals surface area (Å²) in [6.07, 6.45) is 6.73. The third-order valence-corrected chi connectivity index (χ3v) is 3.71. The molecule has 1 amide bonds. The number of anilines is 1. The normalized spacial score (nSPS) is 17.5. The first-order chi connectivity index (χ1) is 10.3. The maximum Gasteiger partial charge on any atom is 0.241 e. The van der Waals surface area contributed by atoms with Crippen molar-refractivity contribution in [2.75, 3.05) is 11.9 Å². The Hall–Kier alpha value is -1.85. The van der Waals surface area contributed by atoms with Crippen LogP contribution in [0.15, 0.2) is 42.7 Å². The second-order valence-corrected chi connectivity index (χ2v) is 5.40. The first-order valence-corrected chi connectivity index (χ1v) is 7.42. The van der Waals surface area contributed by atoms with Gasteiger partial charge in [0.25, 0.3) is 0 Å². The van der Waals surface area contributed by atoms with Gasteiger partial charge in [0.05, 0.1) is 24.5 Å². The van der Waals surface area contributed by atoms with E-state index in [1.165, 1.54) is 5.56 Å². The number of nitrogens with zero attached hydrogens (tertiary/aromatic N) is 2. The molecule has 22 heavy (non-hydrogen) atoms. The van der Waals surface area contributed by atoms with Gasteiger partial charge in [-0.1, -0.05) is 36.8 Å². The predicted molar refractivity (Wildman–Crippen MR) is 89.3 cm³/mol. The van der Waals surface area contributed by atoms with Gasteiger partial charge in [-0.2, -0.15) is 5.10 Å². The van der Waals surface area contributed by atoms with Crippen molar-refractivity contribution in [2.24, 2.45) is 0 Å². The number of halogens is 1. The number of nitrogens with one attached hydrogen (secondary N) is 2. The lowest BCUT2D eigenvalue weighted by atomic mass is 10.0. The molecule has 2 heterocycles. The minimum Gasteiger partial charge on any atom is -0.322 e. The topological polar surface area (TPSA) is 59.0 Å². The van der Waals surface area contributed by atoms with Gasteiger partial charge in [-0.3, -0.25) is 9.48 Å². The Bertz CT molecular complexity index is 593. The van der Waals surface area contributed by atoms with Crippen LogP contribution < -0.4 is 10.6 Å². The van der Waals surface area contributed by atoms with E-state index in [9.17, 15) is 4.79 Å². The number of aromatic nitrogens is 2. The lowest BCUT2D eigenvalue weighted by Crippen LogP contribution is -2.43. The summed E-state index contributed by atoms with van der Waals surface area (Å²) >= 11 is 0. The van der Waals surface area contributed by atoms with Crippen LogP contribution in [-0.4, -0.2) is 28.3 Å². The SMILES string of the molecule is Cl.O=C(Nc1cnn(Cc2ccccc2)c1)C1CCCCN1. The number of amides is 1. The van der Waals surface area contributed by atoms with Crippen molar-refractivity contribution in [1.29, 1.82) is 0 Å². The summed E-state index contributed by atoms with van der Waals surface area (Å²) in [4.78, 5) is 12.1. The predicted octanol–water partition coefficient (Wildman–Crippen LogP) is 2.43. The number of piperidine rings is 1.